The number of carbonyl (C=O) groups is 2. The van der Waals surface area contributed by atoms with Crippen LogP contribution >= 0.6 is 0 Å². The lowest BCUT2D eigenvalue weighted by molar-refractivity contribution is -0.304. The summed E-state index contributed by atoms with van der Waals surface area (Å²) in [6.07, 6.45) is 2.96. The Balaban J connectivity index is 2.27. The molecule has 0 radical (unpaired) electrons. The van der Waals surface area contributed by atoms with Gasteiger partial charge in [-0.1, -0.05) is 29.8 Å². The van der Waals surface area contributed by atoms with Crippen LogP contribution in [0, 0.1) is 13.8 Å². The molecular formula is C20H19O4-. The minimum Gasteiger partial charge on any atom is -0.550 e. The minimum absolute atomic E-state index is 0.196. The number of rotatable bonds is 6. The van der Waals surface area contributed by atoms with Gasteiger partial charge in [0.25, 0.3) is 0 Å². The highest BCUT2D eigenvalue weighted by Crippen LogP contribution is 2.21. The van der Waals surface area contributed by atoms with E-state index in [1.807, 2.05) is 32.0 Å². The quantitative estimate of drug-likeness (QED) is 0.605. The van der Waals surface area contributed by atoms with Gasteiger partial charge < -0.3 is 14.6 Å². The average Bonchev–Trinajstić information content (AvgIpc) is 2.54. The second-order valence-corrected chi connectivity index (χ2v) is 5.63. The van der Waals surface area contributed by atoms with Crippen molar-refractivity contribution in [2.45, 2.75) is 20.3 Å². The molecule has 0 spiro atoms. The number of hydrogen-bond acceptors (Lipinski definition) is 4. The first kappa shape index (κ1) is 17.5. The topological polar surface area (TPSA) is 66.4 Å². The third-order valence-corrected chi connectivity index (χ3v) is 3.75. The predicted octanol–water partition coefficient (Wildman–Crippen LogP) is 2.50. The number of allylic oxidation sites excluding steroid dienone is 1. The number of carbonyl (C=O) groups excluding carboxylic acids is 2. The lowest BCUT2D eigenvalue weighted by Crippen LogP contribution is -2.24. The molecule has 0 aromatic heterocycles. The summed E-state index contributed by atoms with van der Waals surface area (Å²) in [5, 5.41) is 10.8. The van der Waals surface area contributed by atoms with E-state index in [2.05, 4.69) is 0 Å². The van der Waals surface area contributed by atoms with E-state index in [4.69, 9.17) is 4.74 Å². The van der Waals surface area contributed by atoms with Crippen molar-refractivity contribution in [2.75, 3.05) is 7.11 Å². The van der Waals surface area contributed by atoms with Gasteiger partial charge in [-0.2, -0.15) is 0 Å². The standard InChI is InChI=1S/C20H20O4/c1-13-4-5-14(2)15(10-13)6-8-18(21)16-7-9-19(24-3)17(11-16)12-20(22)23/h4-11H,12H2,1-3H3,(H,22,23)/p-1/b8-6+. The smallest absolute Gasteiger partial charge is 0.185 e. The summed E-state index contributed by atoms with van der Waals surface area (Å²) in [6.45, 7) is 3.98. The molecule has 0 unspecified atom stereocenters. The Labute approximate surface area is 141 Å². The van der Waals surface area contributed by atoms with Crippen LogP contribution in [0.4, 0.5) is 0 Å². The highest BCUT2D eigenvalue weighted by Gasteiger charge is 2.09. The fraction of sp³-hybridized carbons (Fsp3) is 0.200. The van der Waals surface area contributed by atoms with E-state index in [1.54, 1.807) is 18.2 Å². The Bertz CT molecular complexity index is 803. The van der Waals surface area contributed by atoms with Crippen LogP contribution in [0.1, 0.15) is 32.6 Å². The first-order valence-corrected chi connectivity index (χ1v) is 7.57. The van der Waals surface area contributed by atoms with E-state index < -0.39 is 5.97 Å². The molecule has 4 nitrogen and oxygen atoms in total. The molecule has 2 aromatic rings. The number of carboxylic acid groups (broad SMARTS) is 1. The van der Waals surface area contributed by atoms with Gasteiger partial charge in [0.05, 0.1) is 7.11 Å². The molecule has 2 rings (SSSR count). The second-order valence-electron chi connectivity index (χ2n) is 5.63. The van der Waals surface area contributed by atoms with Gasteiger partial charge in [0.1, 0.15) is 5.75 Å². The Kier molecular flexibility index (Phi) is 5.53. The van der Waals surface area contributed by atoms with Gasteiger partial charge in [-0.15, -0.1) is 0 Å². The van der Waals surface area contributed by atoms with Gasteiger partial charge >= 0.3 is 0 Å². The normalized spacial score (nSPS) is 10.8. The average molecular weight is 323 g/mol. The third kappa shape index (κ3) is 4.32. The van der Waals surface area contributed by atoms with Crippen molar-refractivity contribution >= 4 is 17.8 Å². The van der Waals surface area contributed by atoms with Crippen LogP contribution in [-0.2, 0) is 11.2 Å². The van der Waals surface area contributed by atoms with Crippen LogP contribution in [-0.4, -0.2) is 18.9 Å². The number of ketones is 1. The zero-order valence-electron chi connectivity index (χ0n) is 14.0. The Morgan fingerprint density at radius 1 is 1.12 bits per heavy atom. The summed E-state index contributed by atoms with van der Waals surface area (Å²) < 4.78 is 5.12. The van der Waals surface area contributed by atoms with E-state index >= 15 is 0 Å². The van der Waals surface area contributed by atoms with E-state index in [9.17, 15) is 14.7 Å². The number of hydrogen-bond donors (Lipinski definition) is 0. The predicted molar refractivity (Wildman–Crippen MR) is 91.0 cm³/mol. The summed E-state index contributed by atoms with van der Waals surface area (Å²) in [4.78, 5) is 23.2. The van der Waals surface area contributed by atoms with Crippen LogP contribution in [0.15, 0.2) is 42.5 Å². The molecule has 0 aliphatic rings. The minimum atomic E-state index is -1.22. The Hall–Kier alpha value is -2.88. The van der Waals surface area contributed by atoms with Crippen molar-refractivity contribution in [3.05, 3.63) is 70.3 Å². The summed E-state index contributed by atoms with van der Waals surface area (Å²) in [6, 6.07) is 10.8. The fourth-order valence-electron chi connectivity index (χ4n) is 2.43. The van der Waals surface area contributed by atoms with E-state index in [0.29, 0.717) is 16.9 Å². The number of ether oxygens (including phenoxy) is 1. The van der Waals surface area contributed by atoms with Gasteiger partial charge in [0.2, 0.25) is 0 Å². The monoisotopic (exact) mass is 323 g/mol. The zero-order valence-corrected chi connectivity index (χ0v) is 14.0. The number of benzene rings is 2. The molecule has 0 heterocycles. The zero-order chi connectivity index (χ0) is 17.7. The van der Waals surface area contributed by atoms with Crippen molar-refractivity contribution in [1.29, 1.82) is 0 Å². The summed E-state index contributed by atoms with van der Waals surface area (Å²) >= 11 is 0. The molecule has 0 saturated carbocycles. The summed E-state index contributed by atoms with van der Waals surface area (Å²) in [7, 11) is 1.45. The number of aryl methyl sites for hydroxylation is 2. The van der Waals surface area contributed by atoms with Crippen LogP contribution in [0.25, 0.3) is 6.08 Å². The maximum atomic E-state index is 12.4. The summed E-state index contributed by atoms with van der Waals surface area (Å²) in [5.41, 5.74) is 4.01. The fourth-order valence-corrected chi connectivity index (χ4v) is 2.43. The van der Waals surface area contributed by atoms with Gasteiger partial charge in [0.15, 0.2) is 5.78 Å². The molecule has 24 heavy (non-hydrogen) atoms. The molecule has 0 fully saturated rings. The van der Waals surface area contributed by atoms with Crippen molar-refractivity contribution in [2.24, 2.45) is 0 Å². The molecular weight excluding hydrogens is 304 g/mol. The molecule has 0 amide bonds. The maximum absolute atomic E-state index is 12.4. The first-order valence-electron chi connectivity index (χ1n) is 7.57. The number of aliphatic carboxylic acids is 1. The van der Waals surface area contributed by atoms with Crippen LogP contribution in [0.5, 0.6) is 5.75 Å². The van der Waals surface area contributed by atoms with E-state index in [0.717, 1.165) is 16.7 Å². The molecule has 0 aliphatic heterocycles. The molecule has 4 heteroatoms. The second kappa shape index (κ2) is 7.59. The van der Waals surface area contributed by atoms with Crippen molar-refractivity contribution in [3.63, 3.8) is 0 Å². The largest absolute Gasteiger partial charge is 0.550 e. The highest BCUT2D eigenvalue weighted by atomic mass is 16.5. The first-order chi connectivity index (χ1) is 11.4. The van der Waals surface area contributed by atoms with Gasteiger partial charge in [-0.05, 0) is 49.2 Å². The van der Waals surface area contributed by atoms with Crippen LogP contribution in [0.3, 0.4) is 0 Å². The van der Waals surface area contributed by atoms with E-state index in [-0.39, 0.29) is 12.2 Å². The lowest BCUT2D eigenvalue weighted by Gasteiger charge is -2.10. The van der Waals surface area contributed by atoms with Gasteiger partial charge in [-0.3, -0.25) is 4.79 Å². The van der Waals surface area contributed by atoms with Crippen LogP contribution < -0.4 is 9.84 Å². The molecule has 0 aliphatic carbocycles. The number of methoxy groups -OCH3 is 1. The summed E-state index contributed by atoms with van der Waals surface area (Å²) in [5.74, 6) is -0.990. The number of carboxylic acids is 1. The van der Waals surface area contributed by atoms with Crippen molar-refractivity contribution in [3.8, 4) is 5.75 Å². The third-order valence-electron chi connectivity index (χ3n) is 3.75. The Morgan fingerprint density at radius 3 is 2.54 bits per heavy atom. The molecule has 2 aromatic carbocycles. The highest BCUT2D eigenvalue weighted by molar-refractivity contribution is 6.07. The van der Waals surface area contributed by atoms with E-state index in [1.165, 1.54) is 19.3 Å². The maximum Gasteiger partial charge on any atom is 0.185 e. The van der Waals surface area contributed by atoms with Crippen molar-refractivity contribution in [1.82, 2.24) is 0 Å². The molecule has 0 atom stereocenters. The van der Waals surface area contributed by atoms with Crippen molar-refractivity contribution < 1.29 is 19.4 Å². The molecule has 0 bridgehead atoms. The van der Waals surface area contributed by atoms with Gasteiger partial charge in [0, 0.05) is 23.5 Å². The van der Waals surface area contributed by atoms with Crippen LogP contribution in [0.2, 0.25) is 0 Å². The molecule has 124 valence electrons. The molecule has 0 saturated heterocycles. The Morgan fingerprint density at radius 2 is 1.88 bits per heavy atom. The molecule has 0 N–H and O–H groups in total. The van der Waals surface area contributed by atoms with Gasteiger partial charge in [-0.25, -0.2) is 0 Å². The lowest BCUT2D eigenvalue weighted by atomic mass is 10.0. The SMILES string of the molecule is COc1ccc(C(=O)/C=C/c2cc(C)ccc2C)cc1CC(=O)[O-].